The van der Waals surface area contributed by atoms with Crippen LogP contribution in [0.25, 0.3) is 0 Å². The van der Waals surface area contributed by atoms with Gasteiger partial charge in [0, 0.05) is 26.3 Å². The molecule has 106 valence electrons. The van der Waals surface area contributed by atoms with Crippen LogP contribution in [0.1, 0.15) is 44.6 Å². The second-order valence-corrected chi connectivity index (χ2v) is 5.69. The molecule has 1 heterocycles. The van der Waals surface area contributed by atoms with Gasteiger partial charge < -0.3 is 10.2 Å². The zero-order valence-corrected chi connectivity index (χ0v) is 12.4. The Morgan fingerprint density at radius 2 is 2.05 bits per heavy atom. The third kappa shape index (κ3) is 4.50. The van der Waals surface area contributed by atoms with Gasteiger partial charge in [0.05, 0.1) is 0 Å². The van der Waals surface area contributed by atoms with Crippen molar-refractivity contribution in [3.63, 3.8) is 0 Å². The Kier molecular flexibility index (Phi) is 5.64. The van der Waals surface area contributed by atoms with Crippen molar-refractivity contribution in [2.75, 3.05) is 25.0 Å². The van der Waals surface area contributed by atoms with Crippen LogP contribution in [-0.2, 0) is 6.54 Å². The zero-order chi connectivity index (χ0) is 13.5. The summed E-state index contributed by atoms with van der Waals surface area (Å²) in [7, 11) is 2.17. The number of aromatic nitrogens is 1. The van der Waals surface area contributed by atoms with E-state index in [9.17, 15) is 0 Å². The Hall–Kier alpha value is -1.09. The molecule has 2 rings (SSSR count). The maximum atomic E-state index is 4.58. The molecular formula is C16H27N3. The van der Waals surface area contributed by atoms with Crippen LogP contribution < -0.4 is 10.2 Å². The van der Waals surface area contributed by atoms with E-state index >= 15 is 0 Å². The van der Waals surface area contributed by atoms with Gasteiger partial charge in [0.1, 0.15) is 5.82 Å². The van der Waals surface area contributed by atoms with Crippen LogP contribution in [0.4, 0.5) is 5.82 Å². The highest BCUT2D eigenvalue weighted by molar-refractivity contribution is 5.38. The fourth-order valence-corrected chi connectivity index (χ4v) is 2.87. The van der Waals surface area contributed by atoms with Crippen LogP contribution in [-0.4, -0.2) is 25.1 Å². The van der Waals surface area contributed by atoms with E-state index in [1.807, 2.05) is 6.20 Å². The first-order chi connectivity index (χ1) is 9.29. The molecule has 0 radical (unpaired) electrons. The predicted octanol–water partition coefficient (Wildman–Crippen LogP) is 3.21. The molecule has 1 aromatic rings. The zero-order valence-electron chi connectivity index (χ0n) is 12.4. The molecular weight excluding hydrogens is 234 g/mol. The predicted molar refractivity (Wildman–Crippen MR) is 81.5 cm³/mol. The van der Waals surface area contributed by atoms with Gasteiger partial charge in [-0.3, -0.25) is 0 Å². The third-order valence-corrected chi connectivity index (χ3v) is 4.04. The summed E-state index contributed by atoms with van der Waals surface area (Å²) in [6.45, 7) is 5.19. The standard InChI is InChI=1S/C16H27N3/c1-3-17-11-15-9-10-16(18-12-15)19(2)13-14-7-5-4-6-8-14/h9-10,12,14,17H,3-8,11,13H2,1-2H3. The quantitative estimate of drug-likeness (QED) is 0.852. The van der Waals surface area contributed by atoms with Crippen molar-refractivity contribution >= 4 is 5.82 Å². The molecule has 0 spiro atoms. The van der Waals surface area contributed by atoms with Crippen molar-refractivity contribution in [3.8, 4) is 0 Å². The third-order valence-electron chi connectivity index (χ3n) is 4.04. The first-order valence-corrected chi connectivity index (χ1v) is 7.66. The summed E-state index contributed by atoms with van der Waals surface area (Å²) in [6.07, 6.45) is 9.03. The summed E-state index contributed by atoms with van der Waals surface area (Å²) in [5.41, 5.74) is 1.26. The monoisotopic (exact) mass is 261 g/mol. The van der Waals surface area contributed by atoms with Gasteiger partial charge >= 0.3 is 0 Å². The smallest absolute Gasteiger partial charge is 0.128 e. The van der Waals surface area contributed by atoms with Crippen molar-refractivity contribution in [3.05, 3.63) is 23.9 Å². The first kappa shape index (κ1) is 14.3. The lowest BCUT2D eigenvalue weighted by Crippen LogP contribution is -2.27. The fourth-order valence-electron chi connectivity index (χ4n) is 2.87. The maximum Gasteiger partial charge on any atom is 0.128 e. The molecule has 3 heteroatoms. The molecule has 0 atom stereocenters. The van der Waals surface area contributed by atoms with E-state index in [1.54, 1.807) is 0 Å². The maximum absolute atomic E-state index is 4.58. The van der Waals surface area contributed by atoms with E-state index in [0.717, 1.165) is 31.4 Å². The summed E-state index contributed by atoms with van der Waals surface area (Å²) >= 11 is 0. The van der Waals surface area contributed by atoms with Crippen molar-refractivity contribution in [1.82, 2.24) is 10.3 Å². The van der Waals surface area contributed by atoms with E-state index in [4.69, 9.17) is 0 Å². The summed E-state index contributed by atoms with van der Waals surface area (Å²) in [6, 6.07) is 4.33. The number of pyridine rings is 1. The van der Waals surface area contributed by atoms with Crippen LogP contribution in [0, 0.1) is 5.92 Å². The minimum atomic E-state index is 0.863. The summed E-state index contributed by atoms with van der Waals surface area (Å²) < 4.78 is 0. The minimum absolute atomic E-state index is 0.863. The largest absolute Gasteiger partial charge is 0.359 e. The lowest BCUT2D eigenvalue weighted by atomic mass is 9.89. The highest BCUT2D eigenvalue weighted by Crippen LogP contribution is 2.25. The molecule has 0 aliphatic heterocycles. The second kappa shape index (κ2) is 7.49. The molecule has 0 aromatic carbocycles. The van der Waals surface area contributed by atoms with E-state index in [0.29, 0.717) is 0 Å². The average Bonchev–Trinajstić information content (AvgIpc) is 2.46. The van der Waals surface area contributed by atoms with Gasteiger partial charge in [0.2, 0.25) is 0 Å². The van der Waals surface area contributed by atoms with E-state index in [1.165, 1.54) is 37.7 Å². The molecule has 1 aromatic heterocycles. The van der Waals surface area contributed by atoms with Gasteiger partial charge in [-0.15, -0.1) is 0 Å². The van der Waals surface area contributed by atoms with Crippen molar-refractivity contribution in [2.24, 2.45) is 5.92 Å². The molecule has 1 N–H and O–H groups in total. The molecule has 19 heavy (non-hydrogen) atoms. The highest BCUT2D eigenvalue weighted by Gasteiger charge is 2.15. The number of nitrogens with one attached hydrogen (secondary N) is 1. The van der Waals surface area contributed by atoms with Gasteiger partial charge in [0.25, 0.3) is 0 Å². The summed E-state index contributed by atoms with van der Waals surface area (Å²) in [5.74, 6) is 1.97. The fraction of sp³-hybridized carbons (Fsp3) is 0.688. The molecule has 1 aliphatic rings. The molecule has 0 saturated heterocycles. The van der Waals surface area contributed by atoms with E-state index in [-0.39, 0.29) is 0 Å². The second-order valence-electron chi connectivity index (χ2n) is 5.69. The number of anilines is 1. The molecule has 1 saturated carbocycles. The molecule has 1 fully saturated rings. The van der Waals surface area contributed by atoms with Crippen molar-refractivity contribution < 1.29 is 0 Å². The van der Waals surface area contributed by atoms with Crippen LogP contribution in [0.5, 0.6) is 0 Å². The minimum Gasteiger partial charge on any atom is -0.359 e. The lowest BCUT2D eigenvalue weighted by molar-refractivity contribution is 0.361. The molecule has 0 bridgehead atoms. The van der Waals surface area contributed by atoms with Crippen LogP contribution >= 0.6 is 0 Å². The van der Waals surface area contributed by atoms with Crippen LogP contribution in [0.3, 0.4) is 0 Å². The number of hydrogen-bond donors (Lipinski definition) is 1. The van der Waals surface area contributed by atoms with Gasteiger partial charge in [0.15, 0.2) is 0 Å². The summed E-state index contributed by atoms with van der Waals surface area (Å²) in [5, 5.41) is 3.33. The Morgan fingerprint density at radius 3 is 2.68 bits per heavy atom. The molecule has 1 aliphatic carbocycles. The normalized spacial score (nSPS) is 16.5. The SMILES string of the molecule is CCNCc1ccc(N(C)CC2CCCCC2)nc1. The Bertz CT molecular complexity index is 355. The molecule has 3 nitrogen and oxygen atoms in total. The number of rotatable bonds is 6. The molecule has 0 unspecified atom stereocenters. The first-order valence-electron chi connectivity index (χ1n) is 7.66. The van der Waals surface area contributed by atoms with E-state index in [2.05, 4.69) is 41.3 Å². The van der Waals surface area contributed by atoms with Gasteiger partial charge in [-0.1, -0.05) is 32.3 Å². The Morgan fingerprint density at radius 1 is 1.26 bits per heavy atom. The van der Waals surface area contributed by atoms with Crippen LogP contribution in [0.15, 0.2) is 18.3 Å². The topological polar surface area (TPSA) is 28.2 Å². The van der Waals surface area contributed by atoms with Crippen molar-refractivity contribution in [1.29, 1.82) is 0 Å². The lowest BCUT2D eigenvalue weighted by Gasteiger charge is -2.27. The highest BCUT2D eigenvalue weighted by atomic mass is 15.2. The summed E-state index contributed by atoms with van der Waals surface area (Å²) in [4.78, 5) is 6.90. The average molecular weight is 261 g/mol. The Balaban J connectivity index is 1.85. The molecule has 0 amide bonds. The van der Waals surface area contributed by atoms with Gasteiger partial charge in [-0.25, -0.2) is 4.98 Å². The van der Waals surface area contributed by atoms with Crippen LogP contribution in [0.2, 0.25) is 0 Å². The van der Waals surface area contributed by atoms with E-state index < -0.39 is 0 Å². The number of hydrogen-bond acceptors (Lipinski definition) is 3. The number of nitrogens with zero attached hydrogens (tertiary/aromatic N) is 2. The van der Waals surface area contributed by atoms with Gasteiger partial charge in [-0.2, -0.15) is 0 Å². The Labute approximate surface area is 117 Å². The van der Waals surface area contributed by atoms with Gasteiger partial charge in [-0.05, 0) is 36.9 Å². The van der Waals surface area contributed by atoms with Crippen molar-refractivity contribution in [2.45, 2.75) is 45.6 Å².